The Morgan fingerprint density at radius 3 is 2.00 bits per heavy atom. The standard InChI is InChI=1S/C9H23N3O2S/c1-6-12(7-2)15(13,14)11-9(4,5)8(3)10/h8,11H,6-7,10H2,1-5H3. The average molecular weight is 237 g/mol. The summed E-state index contributed by atoms with van der Waals surface area (Å²) in [5.74, 6) is 0. The Kier molecular flexibility index (Phi) is 5.19. The lowest BCUT2D eigenvalue weighted by molar-refractivity contribution is 0.359. The van der Waals surface area contributed by atoms with Crippen LogP contribution in [0.15, 0.2) is 0 Å². The second-order valence-corrected chi connectivity index (χ2v) is 5.87. The first-order valence-corrected chi connectivity index (χ1v) is 6.66. The molecular weight excluding hydrogens is 214 g/mol. The molecule has 0 bridgehead atoms. The van der Waals surface area contributed by atoms with E-state index in [1.807, 2.05) is 13.8 Å². The van der Waals surface area contributed by atoms with E-state index in [-0.39, 0.29) is 6.04 Å². The molecule has 0 aliphatic heterocycles. The zero-order valence-corrected chi connectivity index (χ0v) is 11.1. The normalized spacial score (nSPS) is 15.7. The summed E-state index contributed by atoms with van der Waals surface area (Å²) in [4.78, 5) is 0. The number of nitrogens with two attached hydrogens (primary N) is 1. The Labute approximate surface area is 93.2 Å². The van der Waals surface area contributed by atoms with E-state index >= 15 is 0 Å². The van der Waals surface area contributed by atoms with Crippen molar-refractivity contribution in [2.45, 2.75) is 46.2 Å². The van der Waals surface area contributed by atoms with Gasteiger partial charge in [-0.15, -0.1) is 0 Å². The Balaban J connectivity index is 4.79. The predicted octanol–water partition coefficient (Wildman–Crippen LogP) is 0.288. The van der Waals surface area contributed by atoms with E-state index in [0.29, 0.717) is 13.1 Å². The molecule has 6 heteroatoms. The molecule has 0 fully saturated rings. The fraction of sp³-hybridized carbons (Fsp3) is 1.00. The van der Waals surface area contributed by atoms with Gasteiger partial charge in [-0.3, -0.25) is 0 Å². The van der Waals surface area contributed by atoms with Crippen molar-refractivity contribution in [1.82, 2.24) is 9.03 Å². The maximum absolute atomic E-state index is 11.9. The molecule has 0 aromatic heterocycles. The predicted molar refractivity (Wildman–Crippen MR) is 62.7 cm³/mol. The molecule has 1 atom stereocenters. The van der Waals surface area contributed by atoms with E-state index in [1.165, 1.54) is 4.31 Å². The zero-order chi connectivity index (χ0) is 12.3. The summed E-state index contributed by atoms with van der Waals surface area (Å²) < 4.78 is 27.7. The van der Waals surface area contributed by atoms with Crippen molar-refractivity contribution < 1.29 is 8.42 Å². The van der Waals surface area contributed by atoms with Crippen molar-refractivity contribution in [3.63, 3.8) is 0 Å². The third-order valence-corrected chi connectivity index (χ3v) is 4.56. The van der Waals surface area contributed by atoms with E-state index in [2.05, 4.69) is 4.72 Å². The monoisotopic (exact) mass is 237 g/mol. The highest BCUT2D eigenvalue weighted by atomic mass is 32.2. The number of nitrogens with zero attached hydrogens (tertiary/aromatic N) is 1. The first-order valence-electron chi connectivity index (χ1n) is 5.22. The molecule has 0 aliphatic carbocycles. The molecule has 0 radical (unpaired) electrons. The summed E-state index contributed by atoms with van der Waals surface area (Å²) >= 11 is 0. The second kappa shape index (κ2) is 5.25. The first kappa shape index (κ1) is 14.8. The molecule has 0 aromatic rings. The molecule has 0 amide bonds. The Morgan fingerprint density at radius 2 is 1.73 bits per heavy atom. The van der Waals surface area contributed by atoms with Crippen LogP contribution in [0.2, 0.25) is 0 Å². The third kappa shape index (κ3) is 4.06. The molecule has 0 saturated heterocycles. The van der Waals surface area contributed by atoms with E-state index in [0.717, 1.165) is 0 Å². The number of hydrogen-bond donors (Lipinski definition) is 2. The third-order valence-electron chi connectivity index (χ3n) is 2.58. The van der Waals surface area contributed by atoms with Crippen molar-refractivity contribution >= 4 is 10.2 Å². The molecule has 0 saturated carbocycles. The molecule has 5 nitrogen and oxygen atoms in total. The molecule has 0 heterocycles. The average Bonchev–Trinajstić information content (AvgIpc) is 2.03. The summed E-state index contributed by atoms with van der Waals surface area (Å²) in [7, 11) is -3.42. The minimum atomic E-state index is -3.42. The lowest BCUT2D eigenvalue weighted by Crippen LogP contribution is -2.57. The van der Waals surface area contributed by atoms with E-state index < -0.39 is 15.7 Å². The van der Waals surface area contributed by atoms with Crippen LogP contribution in [0.25, 0.3) is 0 Å². The summed E-state index contributed by atoms with van der Waals surface area (Å²) in [6.07, 6.45) is 0. The van der Waals surface area contributed by atoms with Gasteiger partial charge in [0.05, 0.1) is 0 Å². The molecule has 0 aliphatic rings. The van der Waals surface area contributed by atoms with E-state index in [4.69, 9.17) is 5.73 Å². The summed E-state index contributed by atoms with van der Waals surface area (Å²) in [6, 6.07) is -0.247. The molecule has 0 rings (SSSR count). The SMILES string of the molecule is CCN(CC)S(=O)(=O)NC(C)(C)C(C)N. The van der Waals surface area contributed by atoms with Gasteiger partial charge in [0, 0.05) is 24.7 Å². The summed E-state index contributed by atoms with van der Waals surface area (Å²) in [5, 5.41) is 0. The topological polar surface area (TPSA) is 75.4 Å². The van der Waals surface area contributed by atoms with Crippen molar-refractivity contribution in [3.05, 3.63) is 0 Å². The van der Waals surface area contributed by atoms with Gasteiger partial charge in [0.15, 0.2) is 0 Å². The Hall–Kier alpha value is -0.170. The highest BCUT2D eigenvalue weighted by Gasteiger charge is 2.30. The second-order valence-electron chi connectivity index (χ2n) is 4.20. The van der Waals surface area contributed by atoms with Crippen molar-refractivity contribution in [3.8, 4) is 0 Å². The minimum Gasteiger partial charge on any atom is -0.326 e. The molecule has 15 heavy (non-hydrogen) atoms. The van der Waals surface area contributed by atoms with Crippen LogP contribution in [0.5, 0.6) is 0 Å². The van der Waals surface area contributed by atoms with Gasteiger partial charge >= 0.3 is 0 Å². The quantitative estimate of drug-likeness (QED) is 0.697. The molecule has 0 spiro atoms. The lowest BCUT2D eigenvalue weighted by atomic mass is 9.99. The largest absolute Gasteiger partial charge is 0.326 e. The van der Waals surface area contributed by atoms with Crippen molar-refractivity contribution in [2.75, 3.05) is 13.1 Å². The minimum absolute atomic E-state index is 0.247. The molecule has 92 valence electrons. The number of rotatable bonds is 6. The zero-order valence-electron chi connectivity index (χ0n) is 10.2. The van der Waals surface area contributed by atoms with Crippen LogP contribution in [0.1, 0.15) is 34.6 Å². The highest BCUT2D eigenvalue weighted by Crippen LogP contribution is 2.10. The molecule has 1 unspecified atom stereocenters. The van der Waals surface area contributed by atoms with Crippen LogP contribution < -0.4 is 10.5 Å². The van der Waals surface area contributed by atoms with E-state index in [1.54, 1.807) is 20.8 Å². The fourth-order valence-corrected chi connectivity index (χ4v) is 2.71. The molecule has 0 aromatic carbocycles. The van der Waals surface area contributed by atoms with E-state index in [9.17, 15) is 8.42 Å². The van der Waals surface area contributed by atoms with Crippen LogP contribution >= 0.6 is 0 Å². The van der Waals surface area contributed by atoms with Gasteiger partial charge < -0.3 is 5.73 Å². The van der Waals surface area contributed by atoms with Crippen LogP contribution in [-0.4, -0.2) is 37.4 Å². The van der Waals surface area contributed by atoms with Crippen LogP contribution in [0.4, 0.5) is 0 Å². The molecular formula is C9H23N3O2S. The lowest BCUT2D eigenvalue weighted by Gasteiger charge is -2.32. The summed E-state index contributed by atoms with van der Waals surface area (Å²) in [6.45, 7) is 9.87. The number of nitrogens with one attached hydrogen (secondary N) is 1. The van der Waals surface area contributed by atoms with Crippen molar-refractivity contribution in [2.24, 2.45) is 5.73 Å². The van der Waals surface area contributed by atoms with Gasteiger partial charge in [-0.25, -0.2) is 0 Å². The molecule has 3 N–H and O–H groups in total. The van der Waals surface area contributed by atoms with Crippen LogP contribution in [0.3, 0.4) is 0 Å². The van der Waals surface area contributed by atoms with Gasteiger partial charge in [0.25, 0.3) is 10.2 Å². The van der Waals surface area contributed by atoms with Gasteiger partial charge in [-0.05, 0) is 20.8 Å². The van der Waals surface area contributed by atoms with Gasteiger partial charge in [-0.1, -0.05) is 13.8 Å². The van der Waals surface area contributed by atoms with Gasteiger partial charge in [0.2, 0.25) is 0 Å². The maximum Gasteiger partial charge on any atom is 0.279 e. The smallest absolute Gasteiger partial charge is 0.279 e. The van der Waals surface area contributed by atoms with Gasteiger partial charge in [0.1, 0.15) is 0 Å². The van der Waals surface area contributed by atoms with Gasteiger partial charge in [-0.2, -0.15) is 17.4 Å². The Bertz CT molecular complexity index is 282. The highest BCUT2D eigenvalue weighted by molar-refractivity contribution is 7.87. The fourth-order valence-electron chi connectivity index (χ4n) is 1.05. The maximum atomic E-state index is 11.9. The van der Waals surface area contributed by atoms with Crippen LogP contribution in [-0.2, 0) is 10.2 Å². The van der Waals surface area contributed by atoms with Crippen molar-refractivity contribution in [1.29, 1.82) is 0 Å². The summed E-state index contributed by atoms with van der Waals surface area (Å²) in [5.41, 5.74) is 5.08. The Morgan fingerprint density at radius 1 is 1.33 bits per heavy atom. The van der Waals surface area contributed by atoms with Crippen LogP contribution in [0, 0.1) is 0 Å². The first-order chi connectivity index (χ1) is 6.67. The number of hydrogen-bond acceptors (Lipinski definition) is 3.